The zero-order valence-electron chi connectivity index (χ0n) is 10.9. The average molecular weight is 276 g/mol. The lowest BCUT2D eigenvalue weighted by Gasteiger charge is -2.05. The molecule has 5 heteroatoms. The van der Waals surface area contributed by atoms with Crippen LogP contribution in [0.25, 0.3) is 0 Å². The van der Waals surface area contributed by atoms with Gasteiger partial charge in [-0.25, -0.2) is 4.98 Å². The first-order valence-corrected chi connectivity index (χ1v) is 6.93. The van der Waals surface area contributed by atoms with Crippen LogP contribution in [0.4, 0.5) is 0 Å². The van der Waals surface area contributed by atoms with Crippen LogP contribution in [0.5, 0.6) is 5.75 Å². The predicted molar refractivity (Wildman–Crippen MR) is 75.7 cm³/mol. The van der Waals surface area contributed by atoms with Gasteiger partial charge >= 0.3 is 0 Å². The first-order chi connectivity index (χ1) is 9.06. The number of amides is 1. The minimum Gasteiger partial charge on any atom is -0.508 e. The van der Waals surface area contributed by atoms with Crippen molar-refractivity contribution in [1.82, 2.24) is 10.3 Å². The van der Waals surface area contributed by atoms with E-state index in [0.717, 1.165) is 17.1 Å². The Bertz CT molecular complexity index is 593. The van der Waals surface area contributed by atoms with Gasteiger partial charge in [-0.15, -0.1) is 11.3 Å². The number of carbonyl (C=O) groups is 1. The summed E-state index contributed by atoms with van der Waals surface area (Å²) in [7, 11) is 0. The van der Waals surface area contributed by atoms with E-state index in [1.165, 1.54) is 6.07 Å². The molecule has 0 saturated carbocycles. The summed E-state index contributed by atoms with van der Waals surface area (Å²) in [6, 6.07) is 4.83. The van der Waals surface area contributed by atoms with Gasteiger partial charge < -0.3 is 10.4 Å². The number of thiazole rings is 1. The third-order valence-electron chi connectivity index (χ3n) is 2.75. The number of rotatable bonds is 4. The molecule has 0 radical (unpaired) electrons. The second-order valence-electron chi connectivity index (χ2n) is 4.39. The van der Waals surface area contributed by atoms with E-state index in [9.17, 15) is 9.90 Å². The summed E-state index contributed by atoms with van der Waals surface area (Å²) in [5, 5.41) is 15.3. The van der Waals surface area contributed by atoms with Crippen molar-refractivity contribution >= 4 is 17.2 Å². The molecule has 0 unspecified atom stereocenters. The van der Waals surface area contributed by atoms with Crippen molar-refractivity contribution in [3.05, 3.63) is 45.4 Å². The number of hydrogen-bond acceptors (Lipinski definition) is 4. The molecule has 0 aliphatic heterocycles. The highest BCUT2D eigenvalue weighted by Crippen LogP contribution is 2.16. The summed E-state index contributed by atoms with van der Waals surface area (Å²) in [6.45, 7) is 4.29. The van der Waals surface area contributed by atoms with Crippen LogP contribution >= 0.6 is 11.3 Å². The average Bonchev–Trinajstić information content (AvgIpc) is 2.78. The minimum atomic E-state index is -0.128. The van der Waals surface area contributed by atoms with Gasteiger partial charge in [0.1, 0.15) is 5.75 Å². The van der Waals surface area contributed by atoms with E-state index in [1.807, 2.05) is 12.3 Å². The van der Waals surface area contributed by atoms with E-state index in [2.05, 4.69) is 10.3 Å². The third-order valence-corrected chi connectivity index (χ3v) is 3.78. The van der Waals surface area contributed by atoms with Gasteiger partial charge in [0.15, 0.2) is 0 Å². The van der Waals surface area contributed by atoms with Crippen LogP contribution < -0.4 is 5.32 Å². The van der Waals surface area contributed by atoms with Crippen molar-refractivity contribution < 1.29 is 9.90 Å². The predicted octanol–water partition coefficient (Wildman–Crippen LogP) is 2.44. The van der Waals surface area contributed by atoms with Gasteiger partial charge in [0, 0.05) is 29.6 Å². The molecule has 0 spiro atoms. The number of nitrogens with zero attached hydrogens (tertiary/aromatic N) is 1. The molecule has 100 valence electrons. The summed E-state index contributed by atoms with van der Waals surface area (Å²) in [6.07, 6.45) is 0.737. The van der Waals surface area contributed by atoms with Crippen molar-refractivity contribution in [3.8, 4) is 5.75 Å². The molecule has 0 atom stereocenters. The molecule has 19 heavy (non-hydrogen) atoms. The summed E-state index contributed by atoms with van der Waals surface area (Å²) in [5.41, 5.74) is 2.27. The molecule has 2 rings (SSSR count). The summed E-state index contributed by atoms with van der Waals surface area (Å²) >= 11 is 1.61. The first-order valence-electron chi connectivity index (χ1n) is 6.05. The zero-order valence-corrected chi connectivity index (χ0v) is 11.8. The molecular formula is C14H16N2O2S. The number of aryl methyl sites for hydroxylation is 2. The Morgan fingerprint density at radius 2 is 2.21 bits per heavy atom. The Kier molecular flexibility index (Phi) is 4.16. The fourth-order valence-electron chi connectivity index (χ4n) is 1.70. The SMILES string of the molecule is Cc1csc(CCNC(=O)c2ccc(O)c(C)c2)n1. The van der Waals surface area contributed by atoms with Gasteiger partial charge in [-0.2, -0.15) is 0 Å². The summed E-state index contributed by atoms with van der Waals surface area (Å²) < 4.78 is 0. The molecule has 4 nitrogen and oxygen atoms in total. The maximum absolute atomic E-state index is 11.9. The molecule has 1 aromatic heterocycles. The topological polar surface area (TPSA) is 62.2 Å². The van der Waals surface area contributed by atoms with Crippen LogP contribution in [-0.4, -0.2) is 22.5 Å². The van der Waals surface area contributed by atoms with Crippen LogP contribution in [0, 0.1) is 13.8 Å². The molecule has 0 fully saturated rings. The highest BCUT2D eigenvalue weighted by Gasteiger charge is 2.07. The van der Waals surface area contributed by atoms with Crippen LogP contribution in [0.1, 0.15) is 26.6 Å². The zero-order chi connectivity index (χ0) is 13.8. The Balaban J connectivity index is 1.89. The number of phenols is 1. The monoisotopic (exact) mass is 276 g/mol. The highest BCUT2D eigenvalue weighted by molar-refractivity contribution is 7.09. The molecule has 1 heterocycles. The number of benzene rings is 1. The second-order valence-corrected chi connectivity index (χ2v) is 5.33. The molecule has 2 N–H and O–H groups in total. The van der Waals surface area contributed by atoms with Crippen molar-refractivity contribution in [1.29, 1.82) is 0 Å². The molecule has 2 aromatic rings. The van der Waals surface area contributed by atoms with Crippen LogP contribution in [-0.2, 0) is 6.42 Å². The number of carbonyl (C=O) groups excluding carboxylic acids is 1. The first kappa shape index (κ1) is 13.5. The second kappa shape index (κ2) is 5.84. The highest BCUT2D eigenvalue weighted by atomic mass is 32.1. The number of hydrogen-bond donors (Lipinski definition) is 2. The van der Waals surface area contributed by atoms with E-state index in [0.29, 0.717) is 17.7 Å². The van der Waals surface area contributed by atoms with Crippen LogP contribution in [0.15, 0.2) is 23.6 Å². The molecule has 0 aliphatic rings. The fourth-order valence-corrected chi connectivity index (χ4v) is 2.48. The molecule has 0 aliphatic carbocycles. The Labute approximate surface area is 116 Å². The largest absolute Gasteiger partial charge is 0.508 e. The van der Waals surface area contributed by atoms with Gasteiger partial charge in [0.2, 0.25) is 0 Å². The fraction of sp³-hybridized carbons (Fsp3) is 0.286. The lowest BCUT2D eigenvalue weighted by atomic mass is 10.1. The maximum atomic E-state index is 11.9. The van der Waals surface area contributed by atoms with Gasteiger partial charge in [-0.05, 0) is 37.6 Å². The van der Waals surface area contributed by atoms with Crippen molar-refractivity contribution in [2.75, 3.05) is 6.54 Å². The van der Waals surface area contributed by atoms with Crippen molar-refractivity contribution in [2.24, 2.45) is 0 Å². The quantitative estimate of drug-likeness (QED) is 0.901. The van der Waals surface area contributed by atoms with E-state index in [-0.39, 0.29) is 11.7 Å². The maximum Gasteiger partial charge on any atom is 0.251 e. The normalized spacial score (nSPS) is 10.4. The Hall–Kier alpha value is -1.88. The Morgan fingerprint density at radius 3 is 2.84 bits per heavy atom. The lowest BCUT2D eigenvalue weighted by Crippen LogP contribution is -2.25. The van der Waals surface area contributed by atoms with Gasteiger partial charge in [-0.1, -0.05) is 0 Å². The summed E-state index contributed by atoms with van der Waals surface area (Å²) in [5.74, 6) is 0.0752. The van der Waals surface area contributed by atoms with Gasteiger partial charge in [0.25, 0.3) is 5.91 Å². The summed E-state index contributed by atoms with van der Waals surface area (Å²) in [4.78, 5) is 16.2. The van der Waals surface area contributed by atoms with Crippen LogP contribution in [0.3, 0.4) is 0 Å². The molecule has 0 bridgehead atoms. The lowest BCUT2D eigenvalue weighted by molar-refractivity contribution is 0.0954. The van der Waals surface area contributed by atoms with E-state index in [1.54, 1.807) is 30.4 Å². The molecule has 1 amide bonds. The van der Waals surface area contributed by atoms with E-state index in [4.69, 9.17) is 0 Å². The standard InChI is InChI=1S/C14H16N2O2S/c1-9-7-11(3-4-12(9)17)14(18)15-6-5-13-16-10(2)8-19-13/h3-4,7-8,17H,5-6H2,1-2H3,(H,15,18). The van der Waals surface area contributed by atoms with Gasteiger partial charge in [0.05, 0.1) is 5.01 Å². The third kappa shape index (κ3) is 3.54. The van der Waals surface area contributed by atoms with E-state index < -0.39 is 0 Å². The number of nitrogens with one attached hydrogen (secondary N) is 1. The number of aromatic nitrogens is 1. The van der Waals surface area contributed by atoms with Crippen LogP contribution in [0.2, 0.25) is 0 Å². The smallest absolute Gasteiger partial charge is 0.251 e. The van der Waals surface area contributed by atoms with Gasteiger partial charge in [-0.3, -0.25) is 4.79 Å². The molecule has 0 saturated heterocycles. The van der Waals surface area contributed by atoms with E-state index >= 15 is 0 Å². The Morgan fingerprint density at radius 1 is 1.42 bits per heavy atom. The van der Waals surface area contributed by atoms with Crippen molar-refractivity contribution in [2.45, 2.75) is 20.3 Å². The molecule has 1 aromatic carbocycles. The minimum absolute atomic E-state index is 0.128. The number of phenolic OH excluding ortho intramolecular Hbond substituents is 1. The van der Waals surface area contributed by atoms with Crippen molar-refractivity contribution in [3.63, 3.8) is 0 Å². The molecular weight excluding hydrogens is 260 g/mol. The number of aromatic hydroxyl groups is 1.